The Kier molecular flexibility index (Phi) is 4.41. The Hall–Kier alpha value is -3.73. The van der Waals surface area contributed by atoms with Crippen LogP contribution in [0.5, 0.6) is 0 Å². The molecule has 1 aliphatic heterocycles. The van der Waals surface area contributed by atoms with Gasteiger partial charge in [-0.15, -0.1) is 0 Å². The number of fused-ring (bicyclic) bond motifs is 1. The smallest absolute Gasteiger partial charge is 0.259 e. The van der Waals surface area contributed by atoms with Crippen LogP contribution in [0.2, 0.25) is 0 Å². The lowest BCUT2D eigenvalue weighted by Gasteiger charge is -2.29. The first-order valence-corrected chi connectivity index (χ1v) is 9.61. The molecule has 0 unspecified atom stereocenters. The topological polar surface area (TPSA) is 59.2 Å². The summed E-state index contributed by atoms with van der Waals surface area (Å²) >= 11 is 0. The van der Waals surface area contributed by atoms with Crippen molar-refractivity contribution >= 4 is 5.91 Å². The van der Waals surface area contributed by atoms with Crippen LogP contribution >= 0.6 is 0 Å². The summed E-state index contributed by atoms with van der Waals surface area (Å²) < 4.78 is 4.81. The van der Waals surface area contributed by atoms with E-state index in [1.165, 1.54) is 29.2 Å². The molecule has 142 valence electrons. The van der Waals surface area contributed by atoms with E-state index in [1.54, 1.807) is 0 Å². The third-order valence-electron chi connectivity index (χ3n) is 5.36. The summed E-state index contributed by atoms with van der Waals surface area (Å²) in [4.78, 5) is 18.9. The lowest BCUT2D eigenvalue weighted by molar-refractivity contribution is 0.0734. The lowest BCUT2D eigenvalue weighted by Crippen LogP contribution is -2.35. The van der Waals surface area contributed by atoms with Crippen molar-refractivity contribution in [2.45, 2.75) is 13.0 Å². The molecule has 0 fully saturated rings. The molecule has 0 bridgehead atoms. The molecule has 4 aromatic rings. The molecule has 0 aliphatic carbocycles. The highest BCUT2D eigenvalue weighted by molar-refractivity contribution is 5.93. The third-order valence-corrected chi connectivity index (χ3v) is 5.36. The lowest BCUT2D eigenvalue weighted by atomic mass is 9.91. The van der Waals surface area contributed by atoms with Gasteiger partial charge >= 0.3 is 0 Å². The number of hydrogen-bond donors (Lipinski definition) is 0. The van der Waals surface area contributed by atoms with Crippen LogP contribution in [0.15, 0.2) is 83.8 Å². The quantitative estimate of drug-likeness (QED) is 0.520. The van der Waals surface area contributed by atoms with Crippen LogP contribution in [0.3, 0.4) is 0 Å². The molecule has 1 amide bonds. The highest BCUT2D eigenvalue weighted by Gasteiger charge is 2.23. The molecule has 2 aromatic heterocycles. The van der Waals surface area contributed by atoms with E-state index in [-0.39, 0.29) is 5.91 Å². The van der Waals surface area contributed by atoms with E-state index >= 15 is 0 Å². The van der Waals surface area contributed by atoms with Gasteiger partial charge in [-0.2, -0.15) is 0 Å². The summed E-state index contributed by atoms with van der Waals surface area (Å²) in [5.74, 6) is -0.0403. The average molecular weight is 381 g/mol. The van der Waals surface area contributed by atoms with Gasteiger partial charge in [-0.25, -0.2) is 0 Å². The van der Waals surface area contributed by atoms with Gasteiger partial charge in [0.25, 0.3) is 5.91 Å². The van der Waals surface area contributed by atoms with Crippen LogP contribution < -0.4 is 0 Å². The maximum Gasteiger partial charge on any atom is 0.259 e. The molecule has 0 N–H and O–H groups in total. The van der Waals surface area contributed by atoms with Crippen molar-refractivity contribution in [3.63, 3.8) is 0 Å². The van der Waals surface area contributed by atoms with E-state index in [2.05, 4.69) is 46.5 Å². The number of hydrogen-bond acceptors (Lipinski definition) is 4. The second-order valence-electron chi connectivity index (χ2n) is 7.13. The van der Waals surface area contributed by atoms with E-state index < -0.39 is 0 Å². The number of benzene rings is 2. The largest absolute Gasteiger partial charge is 0.364 e. The molecule has 29 heavy (non-hydrogen) atoms. The van der Waals surface area contributed by atoms with Crippen LogP contribution in [0, 0.1) is 0 Å². The van der Waals surface area contributed by atoms with Gasteiger partial charge in [-0.1, -0.05) is 53.7 Å². The van der Waals surface area contributed by atoms with E-state index in [0.29, 0.717) is 18.7 Å². The summed E-state index contributed by atoms with van der Waals surface area (Å²) in [6.07, 6.45) is 5.51. The number of carbonyl (C=O) groups excluding carboxylic acids is 1. The minimum atomic E-state index is -0.0403. The summed E-state index contributed by atoms with van der Waals surface area (Å²) in [5, 5.41) is 3.63. The Morgan fingerprint density at radius 1 is 0.966 bits per heavy atom. The number of pyridine rings is 1. The number of nitrogens with zero attached hydrogens (tertiary/aromatic N) is 3. The summed E-state index contributed by atoms with van der Waals surface area (Å²) in [6.45, 7) is 1.28. The van der Waals surface area contributed by atoms with Crippen LogP contribution in [0.25, 0.3) is 22.4 Å². The molecular weight excluding hydrogens is 362 g/mol. The monoisotopic (exact) mass is 381 g/mol. The Morgan fingerprint density at radius 2 is 1.83 bits per heavy atom. The Balaban J connectivity index is 1.46. The van der Waals surface area contributed by atoms with Crippen LogP contribution in [-0.2, 0) is 13.0 Å². The minimum Gasteiger partial charge on any atom is -0.364 e. The van der Waals surface area contributed by atoms with Gasteiger partial charge in [0.15, 0.2) is 0 Å². The fraction of sp³-hybridized carbons (Fsp3) is 0.125. The molecule has 0 saturated carbocycles. The van der Waals surface area contributed by atoms with Crippen LogP contribution in [-0.4, -0.2) is 27.5 Å². The first kappa shape index (κ1) is 17.4. The number of aromatic nitrogens is 2. The number of rotatable bonds is 3. The van der Waals surface area contributed by atoms with Crippen molar-refractivity contribution < 1.29 is 9.32 Å². The van der Waals surface area contributed by atoms with Gasteiger partial charge in [0.05, 0.1) is 17.5 Å². The van der Waals surface area contributed by atoms with E-state index in [0.717, 1.165) is 23.2 Å². The Morgan fingerprint density at radius 3 is 2.62 bits per heavy atom. The second kappa shape index (κ2) is 7.36. The van der Waals surface area contributed by atoms with Crippen LogP contribution in [0.4, 0.5) is 0 Å². The Labute approximate surface area is 168 Å². The SMILES string of the molecule is O=C(c1cnoc1)N1CCc2cc(-c3ccccc3-c3ccccn3)ccc2C1. The molecule has 3 heterocycles. The molecule has 0 saturated heterocycles. The number of amides is 1. The maximum atomic E-state index is 12.6. The van der Waals surface area contributed by atoms with Crippen molar-refractivity contribution in [2.24, 2.45) is 0 Å². The molecule has 0 atom stereocenters. The van der Waals surface area contributed by atoms with Crippen molar-refractivity contribution in [3.8, 4) is 22.4 Å². The predicted molar refractivity (Wildman–Crippen MR) is 110 cm³/mol. The zero-order chi connectivity index (χ0) is 19.6. The summed E-state index contributed by atoms with van der Waals surface area (Å²) in [6, 6.07) is 20.8. The highest BCUT2D eigenvalue weighted by atomic mass is 16.5. The Bertz CT molecular complexity index is 1150. The average Bonchev–Trinajstić information content (AvgIpc) is 3.33. The normalized spacial score (nSPS) is 13.2. The van der Waals surface area contributed by atoms with E-state index in [9.17, 15) is 4.79 Å². The fourth-order valence-electron chi connectivity index (χ4n) is 3.87. The first-order valence-electron chi connectivity index (χ1n) is 9.61. The van der Waals surface area contributed by atoms with E-state index in [4.69, 9.17) is 4.52 Å². The molecule has 1 aliphatic rings. The van der Waals surface area contributed by atoms with Gasteiger partial charge < -0.3 is 9.42 Å². The van der Waals surface area contributed by atoms with Gasteiger partial charge in [0, 0.05) is 24.8 Å². The van der Waals surface area contributed by atoms with E-state index in [1.807, 2.05) is 35.4 Å². The molecule has 5 nitrogen and oxygen atoms in total. The van der Waals surface area contributed by atoms with Crippen molar-refractivity contribution in [3.05, 3.63) is 96.0 Å². The standard InChI is InChI=1S/C24H19N3O2/c28-24(20-14-26-29-16-20)27-12-10-17-13-18(8-9-19(17)15-27)21-5-1-2-6-22(21)23-7-3-4-11-25-23/h1-9,11,13-14,16H,10,12,15H2. The molecule has 0 radical (unpaired) electrons. The first-order chi connectivity index (χ1) is 14.3. The number of carbonyl (C=O) groups is 1. The van der Waals surface area contributed by atoms with Gasteiger partial charge in [0.1, 0.15) is 6.26 Å². The van der Waals surface area contributed by atoms with Gasteiger partial charge in [0.2, 0.25) is 0 Å². The predicted octanol–water partition coefficient (Wildman–Crippen LogP) is 4.60. The third kappa shape index (κ3) is 3.31. The van der Waals surface area contributed by atoms with Crippen molar-refractivity contribution in [1.82, 2.24) is 15.0 Å². The molecule has 5 heteroatoms. The van der Waals surface area contributed by atoms with Crippen LogP contribution in [0.1, 0.15) is 21.5 Å². The van der Waals surface area contributed by atoms with Crippen molar-refractivity contribution in [2.75, 3.05) is 6.54 Å². The van der Waals surface area contributed by atoms with Crippen molar-refractivity contribution in [1.29, 1.82) is 0 Å². The summed E-state index contributed by atoms with van der Waals surface area (Å²) in [5.41, 5.74) is 7.38. The summed E-state index contributed by atoms with van der Waals surface area (Å²) in [7, 11) is 0. The molecule has 0 spiro atoms. The maximum absolute atomic E-state index is 12.6. The fourth-order valence-corrected chi connectivity index (χ4v) is 3.87. The minimum absolute atomic E-state index is 0.0403. The zero-order valence-electron chi connectivity index (χ0n) is 15.8. The highest BCUT2D eigenvalue weighted by Crippen LogP contribution is 2.33. The zero-order valence-corrected chi connectivity index (χ0v) is 15.8. The molecule has 2 aromatic carbocycles. The van der Waals surface area contributed by atoms with Gasteiger partial charge in [-0.3, -0.25) is 9.78 Å². The second-order valence-corrected chi connectivity index (χ2v) is 7.13. The molecule has 5 rings (SSSR count). The molecular formula is C24H19N3O2. The van der Waals surface area contributed by atoms with Gasteiger partial charge in [-0.05, 0) is 40.8 Å².